The highest BCUT2D eigenvalue weighted by Crippen LogP contribution is 2.64. The number of hydrogen-bond donors (Lipinski definition) is 3. The lowest BCUT2D eigenvalue weighted by atomic mass is 9.64. The van der Waals surface area contributed by atoms with Crippen molar-refractivity contribution < 1.29 is 33.6 Å². The van der Waals surface area contributed by atoms with E-state index in [1.54, 1.807) is 36.9 Å². The van der Waals surface area contributed by atoms with E-state index < -0.39 is 5.97 Å². The highest BCUT2D eigenvalue weighted by Gasteiger charge is 2.56. The van der Waals surface area contributed by atoms with Crippen LogP contribution in [0, 0.1) is 58.7 Å². The predicted molar refractivity (Wildman–Crippen MR) is 469 cm³/mol. The number of amides is 1. The van der Waals surface area contributed by atoms with E-state index >= 15 is 0 Å². The molecule has 18 nitrogen and oxygen atoms in total. The Morgan fingerprint density at radius 3 is 0.885 bits per heavy atom. The molecular formula is C104H103N11O7. The average Bonchev–Trinajstić information content (AvgIpc) is 1.57. The number of primary amides is 1. The topological polar surface area (TPSA) is 282 Å². The molecule has 0 radical (unpaired) electrons. The van der Waals surface area contributed by atoms with Crippen molar-refractivity contribution in [1.82, 2.24) is 46.7 Å². The molecule has 1 amide bonds. The van der Waals surface area contributed by atoms with Crippen molar-refractivity contribution >= 4 is 11.9 Å². The zero-order valence-electron chi connectivity index (χ0n) is 69.0. The van der Waals surface area contributed by atoms with Crippen LogP contribution in [0.15, 0.2) is 292 Å². The second-order valence-corrected chi connectivity index (χ2v) is 34.5. The van der Waals surface area contributed by atoms with Gasteiger partial charge in [-0.25, -0.2) is 4.79 Å². The largest absolute Gasteiger partial charge is 0.487 e. The SMILES string of the molecule is N#Cc1ccc([C@]2(c3ccc(OCc4ccccn4)cc3)CC3CC[C@@H]2C3)cc1.NC(=O)c1ccc([C@]2(c3ccc(OCc4ccccn4)cc3)CC3CC[C@@H]2C3)cc1.O=C(O)c1ccc([C@]2(c3ccc(OCc4ccccn4)cc3)CC3CC[C@@H]2C3)cc1.[NH4+].c1ccc(COc2ccc([C@@]3(c4ccc(-c5nnn[n-]5)cc4)CC4CC[C@@H]3C4)cc2)nc1. The molecule has 21 rings (SSSR count). The zero-order valence-corrected chi connectivity index (χ0v) is 69.0. The van der Waals surface area contributed by atoms with Gasteiger partial charge in [-0.1, -0.05) is 159 Å². The van der Waals surface area contributed by atoms with Gasteiger partial charge in [-0.05, 0) is 308 Å². The number of pyridine rings is 4. The second kappa shape index (κ2) is 36.1. The van der Waals surface area contributed by atoms with Gasteiger partial charge in [0.1, 0.15) is 49.4 Å². The van der Waals surface area contributed by atoms with Crippen LogP contribution in [-0.4, -0.2) is 52.4 Å². The third kappa shape index (κ3) is 16.7. The minimum absolute atomic E-state index is 0. The summed E-state index contributed by atoms with van der Waals surface area (Å²) in [5.41, 5.74) is 22.5. The van der Waals surface area contributed by atoms with Crippen LogP contribution < -0.4 is 35.9 Å². The number of ether oxygens (including phenoxy) is 4. The fourth-order valence-electron chi connectivity index (χ4n) is 22.6. The molecule has 8 fully saturated rings. The number of benzene rings is 8. The summed E-state index contributed by atoms with van der Waals surface area (Å²) < 4.78 is 23.8. The molecule has 0 aliphatic heterocycles. The van der Waals surface area contributed by atoms with Gasteiger partial charge in [-0.2, -0.15) is 10.5 Å². The van der Waals surface area contributed by atoms with Crippen molar-refractivity contribution in [2.45, 2.75) is 151 Å². The van der Waals surface area contributed by atoms with Gasteiger partial charge in [-0.3, -0.25) is 35.0 Å². The standard InChI is InChI=1S/C26H24N5O.C26H26N2O2.C26H24N2O.C26H25NO3.H3N/c1-2-14-27-23(3-1)17-32-24-12-10-21(11-13-24)26(16-18-4-7-22(26)15-18)20-8-5-19(6-9-20)25-28-30-31-29-25;27-25(29)19-5-8-20(9-6-19)26(16-18-4-7-22(26)15-18)21-10-12-24(13-11-21)30-17-23-3-1-2-14-28-23;27-17-19-4-7-21(8-5-19)26(16-20-6-9-23(26)15-20)22-10-12-25(13-11-22)29-18-24-3-1-2-14-28-24;28-25(29)19-5-8-20(9-6-19)26(16-18-4-7-22(26)15-18)21-10-12-24(13-11-21)30-17-23-3-1-2-14-27-23;/h1-3,5-6,8-14,18,22H,4,7,15-17H2;1-3,5-6,8-14,18,22H,4,7,15-17H2,(H2,27,29);1-5,7-8,10-14,20,23H,6,9,15-16,18H2;1-3,5-6,8-14,18,22H,4,7,15-17H2,(H,28,29);1H3/q-1;;;;/p+1/t2*18?,22-,26+;20?,23-,26+;18?,22-,26+;/m1111./s1. The van der Waals surface area contributed by atoms with E-state index in [0.29, 0.717) is 67.1 Å². The molecule has 7 N–H and O–H groups in total. The molecule has 8 aliphatic carbocycles. The van der Waals surface area contributed by atoms with Crippen LogP contribution in [0.3, 0.4) is 0 Å². The number of hydrogen-bond acceptors (Lipinski definition) is 14. The third-order valence-electron chi connectivity index (χ3n) is 28.2. The number of nitrogens with two attached hydrogens (primary N) is 1. The number of aromatic nitrogens is 8. The highest BCUT2D eigenvalue weighted by atomic mass is 16.5. The summed E-state index contributed by atoms with van der Waals surface area (Å²) in [7, 11) is 0. The first-order valence-electron chi connectivity index (χ1n) is 43.0. The predicted octanol–water partition coefficient (Wildman–Crippen LogP) is 20.9. The summed E-state index contributed by atoms with van der Waals surface area (Å²) in [5, 5.41) is 33.6. The Bertz CT molecular complexity index is 5510. The number of tetrazole rings is 1. The Morgan fingerprint density at radius 1 is 0.377 bits per heavy atom. The quantitative estimate of drug-likeness (QED) is 0.0536. The molecule has 8 aromatic carbocycles. The molecule has 0 saturated heterocycles. The number of quaternary nitrogens is 1. The number of aromatic carboxylic acids is 1. The molecule has 5 heterocycles. The number of carbonyl (C=O) groups is 2. The summed E-state index contributed by atoms with van der Waals surface area (Å²) in [6, 6.07) is 92.6. The van der Waals surface area contributed by atoms with Gasteiger partial charge in [0.25, 0.3) is 0 Å². The van der Waals surface area contributed by atoms with Gasteiger partial charge >= 0.3 is 5.97 Å². The van der Waals surface area contributed by atoms with Gasteiger partial charge in [0.2, 0.25) is 5.91 Å². The fraction of sp³-hybridized carbons (Fsp3) is 0.308. The molecule has 8 bridgehead atoms. The van der Waals surface area contributed by atoms with Gasteiger partial charge in [0.15, 0.2) is 0 Å². The Hall–Kier alpha value is -13.0. The Kier molecular flexibility index (Phi) is 24.1. The lowest BCUT2D eigenvalue weighted by molar-refractivity contribution is 0.0696. The monoisotopic (exact) mass is 1620 g/mol. The van der Waals surface area contributed by atoms with E-state index in [9.17, 15) is 20.0 Å². The number of carboxylic acids is 1. The average molecular weight is 1620 g/mol. The number of rotatable bonds is 23. The van der Waals surface area contributed by atoms with E-state index in [0.717, 1.165) is 87.0 Å². The summed E-state index contributed by atoms with van der Waals surface area (Å²) in [5.74, 6) is 8.54. The van der Waals surface area contributed by atoms with Crippen molar-refractivity contribution in [2.24, 2.45) is 53.1 Å². The molecule has 13 aromatic rings. The molecule has 4 unspecified atom stereocenters. The number of nitriles is 1. The molecule has 18 heteroatoms. The molecule has 5 aromatic heterocycles. The number of carbonyl (C=O) groups excluding carboxylic acids is 1. The van der Waals surface area contributed by atoms with Gasteiger partial charge in [0.05, 0.1) is 40.0 Å². The molecule has 8 saturated carbocycles. The van der Waals surface area contributed by atoms with Crippen molar-refractivity contribution in [3.63, 3.8) is 0 Å². The van der Waals surface area contributed by atoms with Gasteiger partial charge < -0.3 is 41.0 Å². The van der Waals surface area contributed by atoms with Crippen molar-refractivity contribution in [1.29, 1.82) is 5.26 Å². The molecular weight excluding hydrogens is 1520 g/mol. The Morgan fingerprint density at radius 2 is 0.656 bits per heavy atom. The second-order valence-electron chi connectivity index (χ2n) is 34.5. The van der Waals surface area contributed by atoms with Crippen LogP contribution >= 0.6 is 0 Å². The van der Waals surface area contributed by atoms with Gasteiger partial charge in [-0.15, -0.1) is 0 Å². The molecule has 122 heavy (non-hydrogen) atoms. The number of carboxylic acid groups (broad SMARTS) is 1. The van der Waals surface area contributed by atoms with Crippen LogP contribution in [0.1, 0.15) is 196 Å². The summed E-state index contributed by atoms with van der Waals surface area (Å²) in [6.45, 7) is 1.87. The lowest BCUT2D eigenvalue weighted by Crippen LogP contribution is -2.34. The van der Waals surface area contributed by atoms with Crippen LogP contribution in [-0.2, 0) is 48.1 Å². The summed E-state index contributed by atoms with van der Waals surface area (Å²) in [4.78, 5) is 40.1. The van der Waals surface area contributed by atoms with Crippen molar-refractivity contribution in [3.8, 4) is 40.5 Å². The van der Waals surface area contributed by atoms with Crippen LogP contribution in [0.5, 0.6) is 23.0 Å². The van der Waals surface area contributed by atoms with E-state index in [2.05, 4.69) is 192 Å². The Labute approximate surface area is 713 Å². The smallest absolute Gasteiger partial charge is 0.335 e. The molecule has 0 spiro atoms. The fourth-order valence-corrected chi connectivity index (χ4v) is 22.6. The normalized spacial score (nSPS) is 24.4. The highest BCUT2D eigenvalue weighted by molar-refractivity contribution is 5.92. The number of fused-ring (bicyclic) bond motifs is 8. The van der Waals surface area contributed by atoms with Crippen molar-refractivity contribution in [3.05, 3.63) is 376 Å². The number of nitrogens with zero attached hydrogens (tertiary/aromatic N) is 9. The maximum absolute atomic E-state index is 11.5. The minimum Gasteiger partial charge on any atom is -0.487 e. The zero-order chi connectivity index (χ0) is 82.2. The summed E-state index contributed by atoms with van der Waals surface area (Å²) >= 11 is 0. The van der Waals surface area contributed by atoms with Crippen molar-refractivity contribution in [2.75, 3.05) is 0 Å². The summed E-state index contributed by atoms with van der Waals surface area (Å²) in [6.07, 6.45) is 27.5. The molecule has 12 atom stereocenters. The van der Waals surface area contributed by atoms with Crippen LogP contribution in [0.2, 0.25) is 0 Å². The van der Waals surface area contributed by atoms with Crippen LogP contribution in [0.25, 0.3) is 11.4 Å². The Balaban J connectivity index is 0.000000115. The first-order chi connectivity index (χ1) is 59.4. The van der Waals surface area contributed by atoms with E-state index in [-0.39, 0.29) is 33.7 Å². The maximum atomic E-state index is 11.5. The maximum Gasteiger partial charge on any atom is 0.335 e. The minimum atomic E-state index is -0.877. The lowest BCUT2D eigenvalue weighted by Gasteiger charge is -2.39. The molecule has 8 aliphatic rings. The van der Waals surface area contributed by atoms with E-state index in [4.69, 9.17) is 24.7 Å². The van der Waals surface area contributed by atoms with Crippen LogP contribution in [0.4, 0.5) is 0 Å². The third-order valence-corrected chi connectivity index (χ3v) is 28.2. The van der Waals surface area contributed by atoms with E-state index in [1.807, 2.05) is 109 Å². The van der Waals surface area contributed by atoms with E-state index in [1.165, 1.54) is 141 Å². The first-order valence-corrected chi connectivity index (χ1v) is 43.0. The van der Waals surface area contributed by atoms with Gasteiger partial charge in [0, 0.05) is 57.8 Å². The first kappa shape index (κ1) is 81.4. The molecule has 616 valence electrons.